The maximum Gasteiger partial charge on any atom is 0.356 e. The molecule has 3 N–H and O–H groups in total. The van der Waals surface area contributed by atoms with Crippen LogP contribution in [0, 0.1) is 12.3 Å². The first-order valence-corrected chi connectivity index (χ1v) is 13.1. The summed E-state index contributed by atoms with van der Waals surface area (Å²) >= 11 is 0. The molecule has 0 saturated heterocycles. The molecule has 10 nitrogen and oxygen atoms in total. The van der Waals surface area contributed by atoms with E-state index in [2.05, 4.69) is 15.1 Å². The lowest BCUT2D eigenvalue weighted by atomic mass is 9.92. The van der Waals surface area contributed by atoms with Gasteiger partial charge in [0, 0.05) is 23.2 Å². The quantitative estimate of drug-likeness (QED) is 0.470. The zero-order valence-electron chi connectivity index (χ0n) is 22.7. The van der Waals surface area contributed by atoms with Gasteiger partial charge in [0.05, 0.1) is 5.54 Å². The van der Waals surface area contributed by atoms with Crippen LogP contribution in [0.4, 0.5) is 5.69 Å². The summed E-state index contributed by atoms with van der Waals surface area (Å²) in [5, 5.41) is 16.5. The lowest BCUT2D eigenvalue weighted by molar-refractivity contribution is -0.117. The van der Waals surface area contributed by atoms with E-state index in [-0.39, 0.29) is 51.2 Å². The van der Waals surface area contributed by atoms with E-state index in [1.165, 1.54) is 22.9 Å². The zero-order chi connectivity index (χ0) is 27.9. The maximum absolute atomic E-state index is 13.4. The molecule has 0 aliphatic heterocycles. The second kappa shape index (κ2) is 9.85. The average Bonchev–Trinajstić information content (AvgIpc) is 2.96. The predicted octanol–water partition coefficient (Wildman–Crippen LogP) is 4.89. The van der Waals surface area contributed by atoms with Crippen LogP contribution in [-0.4, -0.2) is 40.7 Å². The number of carbonyl (C=O) groups excluding carboxylic acids is 1. The minimum absolute atomic E-state index is 0.0361. The van der Waals surface area contributed by atoms with Crippen LogP contribution in [0.5, 0.6) is 11.6 Å². The number of amides is 1. The lowest BCUT2D eigenvalue weighted by Gasteiger charge is -2.24. The monoisotopic (exact) mass is 522 g/mol. The van der Waals surface area contributed by atoms with Crippen molar-refractivity contribution >= 4 is 27.6 Å². The molecule has 0 aliphatic rings. The molecule has 2 rings (SSSR count). The third kappa shape index (κ3) is 7.54. The number of ether oxygens (including phenoxy) is 1. The molecule has 0 fully saturated rings. The topological polar surface area (TPSA) is 140 Å². The third-order valence-electron chi connectivity index (χ3n) is 4.76. The minimum Gasteiger partial charge on any atom is -0.476 e. The molecule has 1 heterocycles. The van der Waals surface area contributed by atoms with E-state index >= 15 is 0 Å². The molecule has 0 aliphatic carbocycles. The molecular weight excluding hydrogens is 484 g/mol. The molecule has 200 valence electrons. The lowest BCUT2D eigenvalue weighted by Crippen LogP contribution is -2.40. The smallest absolute Gasteiger partial charge is 0.356 e. The SMILES string of the molecule is Cc1c(C(=O)O)nn(C(C)(C)C)c1Oc1ccc(NC(=O)CC(C)(C)C)cc1S(=O)(=O)NC(C)(C)C. The van der Waals surface area contributed by atoms with Crippen LogP contribution in [0.3, 0.4) is 0 Å². The van der Waals surface area contributed by atoms with Crippen LogP contribution in [-0.2, 0) is 20.4 Å². The van der Waals surface area contributed by atoms with Gasteiger partial charge in [-0.1, -0.05) is 20.8 Å². The fraction of sp³-hybridized carbons (Fsp3) is 0.560. The highest BCUT2D eigenvalue weighted by atomic mass is 32.2. The number of nitrogens with zero attached hydrogens (tertiary/aromatic N) is 2. The Bertz CT molecular complexity index is 1260. The first-order valence-electron chi connectivity index (χ1n) is 11.6. The minimum atomic E-state index is -4.11. The second-order valence-corrected chi connectivity index (χ2v) is 13.7. The van der Waals surface area contributed by atoms with Crippen molar-refractivity contribution < 1.29 is 27.9 Å². The van der Waals surface area contributed by atoms with Crippen LogP contribution in [0.2, 0.25) is 0 Å². The highest BCUT2D eigenvalue weighted by Gasteiger charge is 2.31. The number of carboxylic acid groups (broad SMARTS) is 1. The van der Waals surface area contributed by atoms with Gasteiger partial charge >= 0.3 is 5.97 Å². The molecule has 1 amide bonds. The molecule has 2 aromatic rings. The van der Waals surface area contributed by atoms with E-state index in [1.807, 2.05) is 41.5 Å². The van der Waals surface area contributed by atoms with Gasteiger partial charge in [0.2, 0.25) is 21.8 Å². The van der Waals surface area contributed by atoms with E-state index in [9.17, 15) is 23.1 Å². The Balaban J connectivity index is 2.66. The predicted molar refractivity (Wildman–Crippen MR) is 138 cm³/mol. The van der Waals surface area contributed by atoms with E-state index in [0.717, 1.165) is 0 Å². The summed E-state index contributed by atoms with van der Waals surface area (Å²) in [5.74, 6) is -1.40. The molecule has 0 spiro atoms. The van der Waals surface area contributed by atoms with Gasteiger partial charge in [0.25, 0.3) is 0 Å². The highest BCUT2D eigenvalue weighted by molar-refractivity contribution is 7.89. The molecule has 0 atom stereocenters. The van der Waals surface area contributed by atoms with Crippen molar-refractivity contribution in [1.29, 1.82) is 0 Å². The van der Waals surface area contributed by atoms with Crippen LogP contribution in [0.1, 0.15) is 84.8 Å². The van der Waals surface area contributed by atoms with Crippen molar-refractivity contribution in [2.75, 3.05) is 5.32 Å². The Morgan fingerprint density at radius 3 is 2.11 bits per heavy atom. The summed E-state index contributed by atoms with van der Waals surface area (Å²) in [6, 6.07) is 4.30. The van der Waals surface area contributed by atoms with E-state index in [1.54, 1.807) is 27.7 Å². The molecule has 0 unspecified atom stereocenters. The van der Waals surface area contributed by atoms with E-state index < -0.39 is 27.1 Å². The summed E-state index contributed by atoms with van der Waals surface area (Å²) < 4.78 is 36.9. The summed E-state index contributed by atoms with van der Waals surface area (Å²) in [6.45, 7) is 17.9. The number of hydrogen-bond acceptors (Lipinski definition) is 6. The first-order chi connectivity index (χ1) is 16.1. The number of carbonyl (C=O) groups is 2. The van der Waals surface area contributed by atoms with Gasteiger partial charge in [-0.25, -0.2) is 22.6 Å². The number of anilines is 1. The van der Waals surface area contributed by atoms with Crippen molar-refractivity contribution in [1.82, 2.24) is 14.5 Å². The highest BCUT2D eigenvalue weighted by Crippen LogP contribution is 2.36. The Kier molecular flexibility index (Phi) is 8.02. The van der Waals surface area contributed by atoms with Gasteiger partial charge in [-0.05, 0) is 72.1 Å². The molecule has 1 aromatic carbocycles. The van der Waals surface area contributed by atoms with Crippen LogP contribution in [0.25, 0.3) is 0 Å². The Hall–Kier alpha value is -2.92. The molecule has 0 saturated carbocycles. The van der Waals surface area contributed by atoms with Crippen molar-refractivity contribution in [3.8, 4) is 11.6 Å². The summed E-state index contributed by atoms with van der Waals surface area (Å²) in [4.78, 5) is 24.0. The summed E-state index contributed by atoms with van der Waals surface area (Å²) in [5.41, 5.74) is -1.34. The van der Waals surface area contributed by atoms with Gasteiger partial charge in [-0.3, -0.25) is 4.79 Å². The van der Waals surface area contributed by atoms with Gasteiger partial charge in [0.1, 0.15) is 10.6 Å². The van der Waals surface area contributed by atoms with Crippen LogP contribution >= 0.6 is 0 Å². The van der Waals surface area contributed by atoms with Gasteiger partial charge < -0.3 is 15.2 Å². The number of benzene rings is 1. The van der Waals surface area contributed by atoms with Crippen LogP contribution in [0.15, 0.2) is 23.1 Å². The fourth-order valence-electron chi connectivity index (χ4n) is 3.39. The number of sulfonamides is 1. The molecular formula is C25H38N4O6S. The molecule has 36 heavy (non-hydrogen) atoms. The Labute approximate surface area is 213 Å². The second-order valence-electron chi connectivity index (χ2n) is 12.1. The summed E-state index contributed by atoms with van der Waals surface area (Å²) in [6.07, 6.45) is 0.246. The number of carboxylic acids is 1. The van der Waals surface area contributed by atoms with Gasteiger partial charge in [0.15, 0.2) is 5.69 Å². The number of rotatable bonds is 7. The van der Waals surface area contributed by atoms with Crippen molar-refractivity contribution in [3.63, 3.8) is 0 Å². The molecule has 0 radical (unpaired) electrons. The molecule has 0 bridgehead atoms. The molecule has 1 aromatic heterocycles. The molecule has 11 heteroatoms. The third-order valence-corrected chi connectivity index (χ3v) is 6.54. The zero-order valence-corrected chi connectivity index (χ0v) is 23.5. The largest absolute Gasteiger partial charge is 0.476 e. The number of aromatic carboxylic acids is 1. The van der Waals surface area contributed by atoms with Crippen molar-refractivity contribution in [2.24, 2.45) is 5.41 Å². The first kappa shape index (κ1) is 29.3. The Morgan fingerprint density at radius 2 is 1.64 bits per heavy atom. The van der Waals surface area contributed by atoms with E-state index in [4.69, 9.17) is 4.74 Å². The van der Waals surface area contributed by atoms with Gasteiger partial charge in [-0.2, -0.15) is 5.10 Å². The van der Waals surface area contributed by atoms with Crippen LogP contribution < -0.4 is 14.8 Å². The van der Waals surface area contributed by atoms with Crippen molar-refractivity contribution in [2.45, 2.75) is 91.6 Å². The number of hydrogen-bond donors (Lipinski definition) is 3. The number of aromatic nitrogens is 2. The van der Waals surface area contributed by atoms with E-state index in [0.29, 0.717) is 0 Å². The standard InChI is InChI=1S/C25H38N4O6S/c1-15-20(22(31)32)27-29(25(8,9)10)21(15)35-17-12-11-16(26-19(30)14-23(2,3)4)13-18(17)36(33,34)28-24(5,6)7/h11-13,28H,14H2,1-10H3,(H,26,30)(H,31,32). The summed E-state index contributed by atoms with van der Waals surface area (Å²) in [7, 11) is -4.11. The number of nitrogens with one attached hydrogen (secondary N) is 2. The van der Waals surface area contributed by atoms with Crippen molar-refractivity contribution in [3.05, 3.63) is 29.5 Å². The van der Waals surface area contributed by atoms with Gasteiger partial charge in [-0.15, -0.1) is 0 Å². The maximum atomic E-state index is 13.4. The normalized spacial score (nSPS) is 12.9. The average molecular weight is 523 g/mol. The fourth-order valence-corrected chi connectivity index (χ4v) is 4.96. The Morgan fingerprint density at radius 1 is 1.06 bits per heavy atom.